The van der Waals surface area contributed by atoms with Crippen LogP contribution in [0.15, 0.2) is 24.8 Å². The molecule has 35 heavy (non-hydrogen) atoms. The van der Waals surface area contributed by atoms with E-state index in [4.69, 9.17) is 19.3 Å². The maximum absolute atomic E-state index is 10.4. The fourth-order valence-corrected chi connectivity index (χ4v) is 3.03. The van der Waals surface area contributed by atoms with Gasteiger partial charge in [-0.25, -0.2) is 0 Å². The fourth-order valence-electron chi connectivity index (χ4n) is 3.03. The third-order valence-corrected chi connectivity index (χ3v) is 4.97. The summed E-state index contributed by atoms with van der Waals surface area (Å²) in [5.41, 5.74) is -0.978. The summed E-state index contributed by atoms with van der Waals surface area (Å²) in [6, 6.07) is 2.98. The van der Waals surface area contributed by atoms with Crippen molar-refractivity contribution >= 4 is 23.1 Å². The molecule has 0 aliphatic carbocycles. The van der Waals surface area contributed by atoms with Crippen molar-refractivity contribution in [1.82, 2.24) is 4.90 Å². The molecule has 0 heterocycles. The van der Waals surface area contributed by atoms with Crippen LogP contribution >= 0.6 is 0 Å². The molecule has 0 fully saturated rings. The Morgan fingerprint density at radius 3 is 1.71 bits per heavy atom. The van der Waals surface area contributed by atoms with Crippen LogP contribution in [0, 0.1) is 30.3 Å². The van der Waals surface area contributed by atoms with Crippen LogP contribution in [0.2, 0.25) is 0 Å². The Balaban J connectivity index is 0.000000355. The number of phenolic OH excluding ortho intramolecular Hbond substituents is 1. The van der Waals surface area contributed by atoms with Crippen molar-refractivity contribution < 1.29 is 34.1 Å². The van der Waals surface area contributed by atoms with E-state index in [9.17, 15) is 30.3 Å². The highest BCUT2D eigenvalue weighted by Crippen LogP contribution is 2.45. The lowest BCUT2D eigenvalue weighted by atomic mass is 9.98. The second-order valence-electron chi connectivity index (χ2n) is 7.10. The molecule has 0 saturated carbocycles. The minimum absolute atomic E-state index is 0.169. The van der Waals surface area contributed by atoms with Crippen LogP contribution in [0.5, 0.6) is 23.0 Å². The first-order valence-corrected chi connectivity index (χ1v) is 9.77. The Morgan fingerprint density at radius 2 is 1.40 bits per heavy atom. The van der Waals surface area contributed by atoms with Gasteiger partial charge in [0.15, 0.2) is 11.5 Å². The zero-order chi connectivity index (χ0) is 27.0. The molecule has 0 aliphatic rings. The molecule has 2 aromatic rings. The van der Waals surface area contributed by atoms with Gasteiger partial charge in [-0.15, -0.1) is 0 Å². The number of rotatable bonds is 9. The van der Waals surface area contributed by atoms with E-state index >= 15 is 0 Å². The SMILES string of the molecule is C=Cc1cc(OC)c(OC)c(OC)c1C(C)N(C)C.O=[N+]([O-])c1cc([N+](=O)[O-])c(O)c([N+](=O)[O-])c1. The van der Waals surface area contributed by atoms with Gasteiger partial charge in [-0.2, -0.15) is 0 Å². The van der Waals surface area contributed by atoms with Crippen molar-refractivity contribution in [3.05, 3.63) is 66.2 Å². The number of phenols is 1. The molecule has 0 aliphatic heterocycles. The van der Waals surface area contributed by atoms with Crippen LogP contribution in [0.25, 0.3) is 6.08 Å². The minimum atomic E-state index is -1.21. The standard InChI is InChI=1S/C15H23NO3.C6H3N3O7/c1-8-11-9-12(17-5)14(18-6)15(19-7)13(11)10(2)16(3)4;10-6-4(8(13)14)1-3(7(11)12)2-5(6)9(15)16/h8-10H,1H2,2-7H3;1-2,10H. The lowest BCUT2D eigenvalue weighted by Crippen LogP contribution is -2.19. The summed E-state index contributed by atoms with van der Waals surface area (Å²) in [4.78, 5) is 29.9. The quantitative estimate of drug-likeness (QED) is 0.391. The maximum atomic E-state index is 10.4. The molecule has 2 rings (SSSR count). The lowest BCUT2D eigenvalue weighted by molar-refractivity contribution is -0.404. The molecule has 0 aromatic heterocycles. The van der Waals surface area contributed by atoms with Crippen LogP contribution in [0.3, 0.4) is 0 Å². The van der Waals surface area contributed by atoms with E-state index in [0.717, 1.165) is 11.1 Å². The third kappa shape index (κ3) is 6.32. The van der Waals surface area contributed by atoms with Gasteiger partial charge in [0.05, 0.1) is 48.2 Å². The summed E-state index contributed by atoms with van der Waals surface area (Å²) in [7, 11) is 8.90. The topological polar surface area (TPSA) is 181 Å². The van der Waals surface area contributed by atoms with Crippen LogP contribution in [0.1, 0.15) is 24.1 Å². The summed E-state index contributed by atoms with van der Waals surface area (Å²) in [5.74, 6) is 0.738. The maximum Gasteiger partial charge on any atom is 0.324 e. The van der Waals surface area contributed by atoms with Crippen molar-refractivity contribution in [2.75, 3.05) is 35.4 Å². The second kappa shape index (κ2) is 12.1. The molecule has 1 atom stereocenters. The number of ether oxygens (including phenoxy) is 3. The summed E-state index contributed by atoms with van der Waals surface area (Å²) in [6.07, 6.45) is 1.81. The highest BCUT2D eigenvalue weighted by molar-refractivity contribution is 5.67. The number of hydrogen-bond donors (Lipinski definition) is 1. The minimum Gasteiger partial charge on any atom is -0.497 e. The molecule has 0 saturated heterocycles. The van der Waals surface area contributed by atoms with Gasteiger partial charge in [0.2, 0.25) is 5.75 Å². The average molecular weight is 494 g/mol. The molecule has 0 radical (unpaired) electrons. The molecule has 14 heteroatoms. The largest absolute Gasteiger partial charge is 0.497 e. The molecule has 0 bridgehead atoms. The highest BCUT2D eigenvalue weighted by Gasteiger charge is 2.30. The Bertz CT molecular complexity index is 1100. The number of non-ortho nitro benzene ring substituents is 1. The smallest absolute Gasteiger partial charge is 0.324 e. The highest BCUT2D eigenvalue weighted by atomic mass is 16.6. The molecular weight excluding hydrogens is 468 g/mol. The average Bonchev–Trinajstić information content (AvgIpc) is 2.81. The van der Waals surface area contributed by atoms with Crippen LogP contribution in [-0.4, -0.2) is 60.2 Å². The second-order valence-corrected chi connectivity index (χ2v) is 7.10. The van der Waals surface area contributed by atoms with Gasteiger partial charge in [-0.05, 0) is 32.6 Å². The Hall–Kier alpha value is -4.46. The number of nitro groups is 3. The van der Waals surface area contributed by atoms with E-state index in [0.29, 0.717) is 29.4 Å². The summed E-state index contributed by atoms with van der Waals surface area (Å²) in [5, 5.41) is 40.2. The van der Waals surface area contributed by atoms with Crippen molar-refractivity contribution in [2.24, 2.45) is 0 Å². The first kappa shape index (κ1) is 28.6. The van der Waals surface area contributed by atoms with E-state index in [2.05, 4.69) is 18.4 Å². The number of aromatic hydroxyl groups is 1. The lowest BCUT2D eigenvalue weighted by Gasteiger charge is -2.26. The molecule has 14 nitrogen and oxygen atoms in total. The summed E-state index contributed by atoms with van der Waals surface area (Å²) >= 11 is 0. The van der Waals surface area contributed by atoms with Crippen molar-refractivity contribution in [1.29, 1.82) is 0 Å². The molecule has 0 spiro atoms. The van der Waals surface area contributed by atoms with Crippen LogP contribution in [0.4, 0.5) is 17.1 Å². The van der Waals surface area contributed by atoms with Gasteiger partial charge < -0.3 is 24.2 Å². The van der Waals surface area contributed by atoms with Gasteiger partial charge in [0.1, 0.15) is 0 Å². The van der Waals surface area contributed by atoms with Crippen LogP contribution < -0.4 is 14.2 Å². The van der Waals surface area contributed by atoms with Crippen molar-refractivity contribution in [2.45, 2.75) is 13.0 Å². The molecule has 190 valence electrons. The van der Waals surface area contributed by atoms with E-state index in [1.165, 1.54) is 0 Å². The molecule has 1 N–H and O–H groups in total. The van der Waals surface area contributed by atoms with E-state index in [-0.39, 0.29) is 6.04 Å². The summed E-state index contributed by atoms with van der Waals surface area (Å²) < 4.78 is 16.3. The Kier molecular flexibility index (Phi) is 9.90. The zero-order valence-electron chi connectivity index (χ0n) is 20.0. The van der Waals surface area contributed by atoms with Gasteiger partial charge in [0, 0.05) is 11.6 Å². The molecule has 2 aromatic carbocycles. The number of nitrogens with zero attached hydrogens (tertiary/aromatic N) is 4. The predicted octanol–water partition coefficient (Wildman–Crippen LogP) is 4.09. The number of benzene rings is 2. The third-order valence-electron chi connectivity index (χ3n) is 4.97. The van der Waals surface area contributed by atoms with Crippen molar-refractivity contribution in [3.8, 4) is 23.0 Å². The number of nitro benzene ring substituents is 3. The van der Waals surface area contributed by atoms with Crippen LogP contribution in [-0.2, 0) is 0 Å². The number of hydrogen-bond acceptors (Lipinski definition) is 11. The predicted molar refractivity (Wildman–Crippen MR) is 126 cm³/mol. The van der Waals surface area contributed by atoms with Gasteiger partial charge in [-0.3, -0.25) is 30.3 Å². The Morgan fingerprint density at radius 1 is 0.914 bits per heavy atom. The molecule has 0 amide bonds. The van der Waals surface area contributed by atoms with Crippen molar-refractivity contribution in [3.63, 3.8) is 0 Å². The van der Waals surface area contributed by atoms with E-state index < -0.39 is 37.6 Å². The monoisotopic (exact) mass is 494 g/mol. The molecular formula is C21H26N4O10. The summed E-state index contributed by atoms with van der Waals surface area (Å²) in [6.45, 7) is 5.98. The fraction of sp³-hybridized carbons (Fsp3) is 0.333. The first-order valence-electron chi connectivity index (χ1n) is 9.77. The normalized spacial score (nSPS) is 11.1. The molecule has 1 unspecified atom stereocenters. The Labute approximate surface area is 200 Å². The van der Waals surface area contributed by atoms with Gasteiger partial charge >= 0.3 is 11.4 Å². The zero-order valence-corrected chi connectivity index (χ0v) is 20.0. The van der Waals surface area contributed by atoms with Gasteiger partial charge in [0.25, 0.3) is 11.4 Å². The van der Waals surface area contributed by atoms with E-state index in [1.54, 1.807) is 27.4 Å². The number of methoxy groups -OCH3 is 3. The van der Waals surface area contributed by atoms with E-state index in [1.807, 2.05) is 20.2 Å². The van der Waals surface area contributed by atoms with Gasteiger partial charge in [-0.1, -0.05) is 12.7 Å². The first-order chi connectivity index (χ1) is 16.4.